The SMILES string of the molecule is Cc1cc(Cl)ccc1OC(F)(F)C(=O)Nc1ccc(Br)cc1. The first-order valence-corrected chi connectivity index (χ1v) is 7.35. The van der Waals surface area contributed by atoms with Crippen molar-refractivity contribution in [2.45, 2.75) is 13.0 Å². The van der Waals surface area contributed by atoms with Gasteiger partial charge in [0.1, 0.15) is 5.75 Å². The number of aryl methyl sites for hydroxylation is 1. The highest BCUT2D eigenvalue weighted by atomic mass is 79.9. The molecule has 2 rings (SSSR count). The molecular weight excluding hydrogens is 380 g/mol. The summed E-state index contributed by atoms with van der Waals surface area (Å²) < 4.78 is 33.0. The lowest BCUT2D eigenvalue weighted by atomic mass is 10.2. The second-order valence-electron chi connectivity index (χ2n) is 4.49. The fourth-order valence-corrected chi connectivity index (χ4v) is 2.14. The molecule has 0 unspecified atom stereocenters. The van der Waals surface area contributed by atoms with E-state index >= 15 is 0 Å². The third kappa shape index (κ3) is 4.18. The van der Waals surface area contributed by atoms with Gasteiger partial charge in [0.05, 0.1) is 0 Å². The monoisotopic (exact) mass is 389 g/mol. The molecule has 0 aliphatic heterocycles. The molecule has 0 saturated heterocycles. The molecule has 116 valence electrons. The van der Waals surface area contributed by atoms with Gasteiger partial charge in [-0.25, -0.2) is 0 Å². The van der Waals surface area contributed by atoms with E-state index in [0.29, 0.717) is 10.6 Å². The number of hydrogen-bond donors (Lipinski definition) is 1. The number of alkyl halides is 2. The van der Waals surface area contributed by atoms with Crippen molar-refractivity contribution < 1.29 is 18.3 Å². The number of carbonyl (C=O) groups excluding carboxylic acids is 1. The van der Waals surface area contributed by atoms with Gasteiger partial charge in [-0.05, 0) is 55.0 Å². The molecule has 0 fully saturated rings. The fourth-order valence-electron chi connectivity index (χ4n) is 1.65. The summed E-state index contributed by atoms with van der Waals surface area (Å²) in [6.45, 7) is 1.56. The molecule has 22 heavy (non-hydrogen) atoms. The lowest BCUT2D eigenvalue weighted by molar-refractivity contribution is -0.187. The van der Waals surface area contributed by atoms with Crippen LogP contribution in [0.25, 0.3) is 0 Å². The largest absolute Gasteiger partial charge is 0.482 e. The molecule has 0 aliphatic rings. The topological polar surface area (TPSA) is 38.3 Å². The molecule has 0 bridgehead atoms. The zero-order valence-electron chi connectivity index (χ0n) is 11.4. The highest BCUT2D eigenvalue weighted by Crippen LogP contribution is 2.28. The summed E-state index contributed by atoms with van der Waals surface area (Å²) >= 11 is 8.96. The number of amides is 1. The Labute approximate surface area is 139 Å². The maximum Gasteiger partial charge on any atom is 0.482 e. The third-order valence-corrected chi connectivity index (χ3v) is 3.51. The standard InChI is InChI=1S/C15H11BrClF2NO2/c1-9-8-11(17)4-7-13(9)22-15(18,19)14(21)20-12-5-2-10(16)3-6-12/h2-8H,1H3,(H,20,21). The Hall–Kier alpha value is -1.66. The van der Waals surface area contributed by atoms with Crippen molar-refractivity contribution in [3.05, 3.63) is 57.5 Å². The quantitative estimate of drug-likeness (QED) is 0.796. The predicted octanol–water partition coefficient (Wildman–Crippen LogP) is 5.02. The van der Waals surface area contributed by atoms with Crippen LogP contribution in [-0.4, -0.2) is 12.0 Å². The Balaban J connectivity index is 2.11. The normalized spacial score (nSPS) is 11.1. The van der Waals surface area contributed by atoms with E-state index in [1.165, 1.54) is 30.3 Å². The summed E-state index contributed by atoms with van der Waals surface area (Å²) in [6, 6.07) is 10.4. The summed E-state index contributed by atoms with van der Waals surface area (Å²) in [7, 11) is 0. The maximum atomic E-state index is 13.9. The first-order valence-electron chi connectivity index (χ1n) is 6.18. The second kappa shape index (κ2) is 6.62. The summed E-state index contributed by atoms with van der Waals surface area (Å²) in [6.07, 6.45) is -4.01. The van der Waals surface area contributed by atoms with E-state index in [1.807, 2.05) is 0 Å². The zero-order valence-corrected chi connectivity index (χ0v) is 13.7. The first-order chi connectivity index (χ1) is 10.3. The molecule has 3 nitrogen and oxygen atoms in total. The van der Waals surface area contributed by atoms with Crippen molar-refractivity contribution in [2.75, 3.05) is 5.32 Å². The van der Waals surface area contributed by atoms with E-state index in [0.717, 1.165) is 4.47 Å². The van der Waals surface area contributed by atoms with Crippen molar-refractivity contribution in [3.8, 4) is 5.75 Å². The van der Waals surface area contributed by atoms with Crippen LogP contribution >= 0.6 is 27.5 Å². The first kappa shape index (κ1) is 16.7. The van der Waals surface area contributed by atoms with Crippen LogP contribution in [-0.2, 0) is 4.79 Å². The summed E-state index contributed by atoms with van der Waals surface area (Å²) in [5, 5.41) is 2.50. The van der Waals surface area contributed by atoms with Crippen molar-refractivity contribution in [1.29, 1.82) is 0 Å². The highest BCUT2D eigenvalue weighted by molar-refractivity contribution is 9.10. The molecule has 0 aliphatic carbocycles. The molecule has 2 aromatic rings. The number of nitrogens with one attached hydrogen (secondary N) is 1. The Morgan fingerprint density at radius 3 is 2.45 bits per heavy atom. The van der Waals surface area contributed by atoms with Gasteiger partial charge in [0.15, 0.2) is 0 Å². The van der Waals surface area contributed by atoms with Crippen molar-refractivity contribution in [2.24, 2.45) is 0 Å². The Morgan fingerprint density at radius 2 is 1.86 bits per heavy atom. The van der Waals surface area contributed by atoms with Crippen molar-refractivity contribution in [1.82, 2.24) is 0 Å². The van der Waals surface area contributed by atoms with E-state index in [9.17, 15) is 13.6 Å². The van der Waals surface area contributed by atoms with Gasteiger partial charge in [-0.1, -0.05) is 27.5 Å². The van der Waals surface area contributed by atoms with Crippen molar-refractivity contribution in [3.63, 3.8) is 0 Å². The molecular formula is C15H11BrClF2NO2. The molecule has 2 aromatic carbocycles. The number of rotatable bonds is 4. The lowest BCUT2D eigenvalue weighted by Gasteiger charge is -2.18. The van der Waals surface area contributed by atoms with E-state index in [2.05, 4.69) is 26.0 Å². The average Bonchev–Trinajstić information content (AvgIpc) is 2.44. The summed E-state index contributed by atoms with van der Waals surface area (Å²) in [4.78, 5) is 11.7. The van der Waals surface area contributed by atoms with E-state index in [-0.39, 0.29) is 11.4 Å². The minimum atomic E-state index is -4.01. The van der Waals surface area contributed by atoms with Crippen molar-refractivity contribution >= 4 is 39.1 Å². The van der Waals surface area contributed by atoms with E-state index in [4.69, 9.17) is 11.6 Å². The second-order valence-corrected chi connectivity index (χ2v) is 5.84. The Bertz CT molecular complexity index is 692. The van der Waals surface area contributed by atoms with Crippen LogP contribution in [0.4, 0.5) is 14.5 Å². The number of benzene rings is 2. The van der Waals surface area contributed by atoms with Gasteiger partial charge in [0.2, 0.25) is 0 Å². The summed E-state index contributed by atoms with van der Waals surface area (Å²) in [5.74, 6) is -1.66. The number of ether oxygens (including phenoxy) is 1. The molecule has 7 heteroatoms. The van der Waals surface area contributed by atoms with Crippen LogP contribution in [0, 0.1) is 6.92 Å². The number of halogens is 4. The van der Waals surface area contributed by atoms with Crippen LogP contribution in [0.5, 0.6) is 5.75 Å². The molecule has 0 atom stereocenters. The fraction of sp³-hybridized carbons (Fsp3) is 0.133. The predicted molar refractivity (Wildman–Crippen MR) is 84.5 cm³/mol. The lowest BCUT2D eigenvalue weighted by Crippen LogP contribution is -2.40. The Kier molecular flexibility index (Phi) is 5.03. The number of carbonyl (C=O) groups is 1. The molecule has 0 aromatic heterocycles. The van der Waals surface area contributed by atoms with Crippen LogP contribution < -0.4 is 10.1 Å². The van der Waals surface area contributed by atoms with Crippen LogP contribution in [0.2, 0.25) is 5.02 Å². The highest BCUT2D eigenvalue weighted by Gasteiger charge is 2.42. The van der Waals surface area contributed by atoms with Crippen LogP contribution in [0.15, 0.2) is 46.9 Å². The minimum absolute atomic E-state index is 0.111. The molecule has 0 saturated carbocycles. The minimum Gasteiger partial charge on any atom is -0.425 e. The third-order valence-electron chi connectivity index (χ3n) is 2.74. The van der Waals surface area contributed by atoms with E-state index in [1.54, 1.807) is 19.1 Å². The average molecular weight is 391 g/mol. The molecule has 0 radical (unpaired) electrons. The number of hydrogen-bond acceptors (Lipinski definition) is 2. The van der Waals surface area contributed by atoms with Gasteiger partial charge < -0.3 is 10.1 Å². The molecule has 1 N–H and O–H groups in total. The van der Waals surface area contributed by atoms with Crippen LogP contribution in [0.3, 0.4) is 0 Å². The maximum absolute atomic E-state index is 13.9. The zero-order chi connectivity index (χ0) is 16.3. The number of anilines is 1. The van der Waals surface area contributed by atoms with Crippen LogP contribution in [0.1, 0.15) is 5.56 Å². The van der Waals surface area contributed by atoms with Gasteiger partial charge >= 0.3 is 12.0 Å². The smallest absolute Gasteiger partial charge is 0.425 e. The van der Waals surface area contributed by atoms with Gasteiger partial charge in [0.25, 0.3) is 0 Å². The van der Waals surface area contributed by atoms with Gasteiger partial charge in [-0.15, -0.1) is 0 Å². The van der Waals surface area contributed by atoms with Gasteiger partial charge in [-0.2, -0.15) is 8.78 Å². The summed E-state index contributed by atoms with van der Waals surface area (Å²) in [5.41, 5.74) is 0.646. The Morgan fingerprint density at radius 1 is 1.23 bits per heavy atom. The molecule has 0 heterocycles. The van der Waals surface area contributed by atoms with E-state index < -0.39 is 12.0 Å². The molecule has 1 amide bonds. The van der Waals surface area contributed by atoms with Gasteiger partial charge in [0, 0.05) is 15.2 Å². The van der Waals surface area contributed by atoms with Gasteiger partial charge in [-0.3, -0.25) is 4.79 Å². The molecule has 0 spiro atoms.